The van der Waals surface area contributed by atoms with Crippen LogP contribution in [-0.2, 0) is 4.74 Å². The van der Waals surface area contributed by atoms with Gasteiger partial charge in [-0.05, 0) is 37.0 Å². The highest BCUT2D eigenvalue weighted by Crippen LogP contribution is 2.29. The minimum Gasteiger partial charge on any atom is -0.458 e. The fourth-order valence-corrected chi connectivity index (χ4v) is 2.80. The van der Waals surface area contributed by atoms with E-state index in [1.54, 1.807) is 25.3 Å². The Morgan fingerprint density at radius 2 is 1.85 bits per heavy atom. The van der Waals surface area contributed by atoms with Crippen LogP contribution >= 0.6 is 11.8 Å². The summed E-state index contributed by atoms with van der Waals surface area (Å²) in [6.07, 6.45) is 1.72. The Morgan fingerprint density at radius 1 is 1.19 bits per heavy atom. The van der Waals surface area contributed by atoms with Crippen molar-refractivity contribution in [3.05, 3.63) is 81.4 Å². The lowest BCUT2D eigenvalue weighted by atomic mass is 9.98. The van der Waals surface area contributed by atoms with Crippen LogP contribution in [-0.4, -0.2) is 29.5 Å². The molecule has 0 aromatic heterocycles. The first-order valence-corrected chi connectivity index (χ1v) is 8.85. The molecule has 2 aromatic rings. The quantitative estimate of drug-likeness (QED) is 0.180. The molecule has 7 heteroatoms. The molecule has 0 bridgehead atoms. The molecule has 2 rings (SSSR count). The lowest BCUT2D eigenvalue weighted by Gasteiger charge is -2.09. The van der Waals surface area contributed by atoms with Crippen molar-refractivity contribution in [3.63, 3.8) is 0 Å². The number of carbonyl (C=O) groups excluding carboxylic acids is 2. The van der Waals surface area contributed by atoms with Gasteiger partial charge in [0, 0.05) is 17.2 Å². The van der Waals surface area contributed by atoms with Crippen LogP contribution in [0.3, 0.4) is 0 Å². The third-order valence-electron chi connectivity index (χ3n) is 3.48. The van der Waals surface area contributed by atoms with Gasteiger partial charge in [-0.2, -0.15) is 0 Å². The number of nitrogens with zero attached hydrogens (tertiary/aromatic N) is 1. The van der Waals surface area contributed by atoms with Crippen LogP contribution in [0.25, 0.3) is 0 Å². The van der Waals surface area contributed by atoms with Crippen molar-refractivity contribution in [2.24, 2.45) is 0 Å². The van der Waals surface area contributed by atoms with Crippen molar-refractivity contribution in [1.82, 2.24) is 0 Å². The summed E-state index contributed by atoms with van der Waals surface area (Å²) in [4.78, 5) is 36.2. The molecule has 0 aliphatic carbocycles. The molecule has 0 heterocycles. The fraction of sp³-hybridized carbons (Fsp3) is 0.158. The van der Waals surface area contributed by atoms with E-state index in [9.17, 15) is 19.7 Å². The second-order valence-corrected chi connectivity index (χ2v) is 6.40. The zero-order chi connectivity index (χ0) is 19.3. The van der Waals surface area contributed by atoms with Crippen LogP contribution in [0, 0.1) is 10.1 Å². The third kappa shape index (κ3) is 4.37. The molecule has 6 nitrogen and oxygen atoms in total. The number of nitro benzene ring substituents is 1. The molecule has 0 amide bonds. The standard InChI is InChI=1S/C19H17NO5S/c1-12(2)11-25-19(22)15-7-5-4-6-14(15)18(21)13-8-9-17(26-3)16(10-13)20(23)24/h4-10H,1,11H2,2-3H3. The highest BCUT2D eigenvalue weighted by Gasteiger charge is 2.22. The van der Waals surface area contributed by atoms with Gasteiger partial charge in [-0.25, -0.2) is 4.79 Å². The predicted molar refractivity (Wildman–Crippen MR) is 99.8 cm³/mol. The van der Waals surface area contributed by atoms with E-state index >= 15 is 0 Å². The number of hydrogen-bond acceptors (Lipinski definition) is 6. The van der Waals surface area contributed by atoms with Gasteiger partial charge in [-0.15, -0.1) is 11.8 Å². The van der Waals surface area contributed by atoms with E-state index in [0.717, 1.165) is 0 Å². The average molecular weight is 371 g/mol. The first-order chi connectivity index (χ1) is 12.3. The Balaban J connectivity index is 2.42. The number of esters is 1. The maximum atomic E-state index is 12.8. The van der Waals surface area contributed by atoms with E-state index in [1.807, 2.05) is 0 Å². The summed E-state index contributed by atoms with van der Waals surface area (Å²) in [5.74, 6) is -1.13. The highest BCUT2D eigenvalue weighted by molar-refractivity contribution is 7.98. The molecule has 134 valence electrons. The van der Waals surface area contributed by atoms with Gasteiger partial charge >= 0.3 is 5.97 Å². The van der Waals surface area contributed by atoms with Crippen molar-refractivity contribution in [2.75, 3.05) is 12.9 Å². The largest absolute Gasteiger partial charge is 0.458 e. The van der Waals surface area contributed by atoms with Crippen LogP contribution < -0.4 is 0 Å². The summed E-state index contributed by atoms with van der Waals surface area (Å²) in [6, 6.07) is 10.5. The van der Waals surface area contributed by atoms with Crippen LogP contribution in [0.1, 0.15) is 33.2 Å². The second kappa shape index (κ2) is 8.44. The van der Waals surface area contributed by atoms with Gasteiger partial charge in [0.1, 0.15) is 6.61 Å². The molecule has 0 saturated carbocycles. The SMILES string of the molecule is C=C(C)COC(=O)c1ccccc1C(=O)c1ccc(SC)c([N+](=O)[O-])c1. The zero-order valence-electron chi connectivity index (χ0n) is 14.4. The van der Waals surface area contributed by atoms with Gasteiger partial charge < -0.3 is 4.74 Å². The van der Waals surface area contributed by atoms with Gasteiger partial charge in [-0.3, -0.25) is 14.9 Å². The van der Waals surface area contributed by atoms with Gasteiger partial charge in [0.25, 0.3) is 5.69 Å². The zero-order valence-corrected chi connectivity index (χ0v) is 15.2. The Kier molecular flexibility index (Phi) is 6.30. The predicted octanol–water partition coefficient (Wildman–Crippen LogP) is 4.28. The number of ether oxygens (including phenoxy) is 1. The summed E-state index contributed by atoms with van der Waals surface area (Å²) in [6.45, 7) is 5.43. The van der Waals surface area contributed by atoms with E-state index in [-0.39, 0.29) is 29.0 Å². The third-order valence-corrected chi connectivity index (χ3v) is 4.26. The van der Waals surface area contributed by atoms with Crippen molar-refractivity contribution in [3.8, 4) is 0 Å². The van der Waals surface area contributed by atoms with Crippen molar-refractivity contribution >= 4 is 29.2 Å². The molecule has 0 N–H and O–H groups in total. The smallest absolute Gasteiger partial charge is 0.339 e. The number of thioether (sulfide) groups is 1. The highest BCUT2D eigenvalue weighted by atomic mass is 32.2. The molecule has 0 fully saturated rings. The Labute approximate surface area is 155 Å². The van der Waals surface area contributed by atoms with Gasteiger partial charge in [-0.1, -0.05) is 24.8 Å². The molecule has 26 heavy (non-hydrogen) atoms. The number of nitro groups is 1. The molecule has 0 radical (unpaired) electrons. The van der Waals surface area contributed by atoms with Crippen LogP contribution in [0.4, 0.5) is 5.69 Å². The van der Waals surface area contributed by atoms with E-state index in [4.69, 9.17) is 4.74 Å². The molecule has 0 aliphatic rings. The molecule has 0 spiro atoms. The summed E-state index contributed by atoms with van der Waals surface area (Å²) in [5.41, 5.74) is 0.895. The van der Waals surface area contributed by atoms with Crippen molar-refractivity contribution in [2.45, 2.75) is 11.8 Å². The van der Waals surface area contributed by atoms with Gasteiger partial charge in [0.05, 0.1) is 15.4 Å². The van der Waals surface area contributed by atoms with E-state index in [0.29, 0.717) is 10.5 Å². The van der Waals surface area contributed by atoms with E-state index < -0.39 is 16.7 Å². The molecule has 2 aromatic carbocycles. The first-order valence-electron chi connectivity index (χ1n) is 7.62. The normalized spacial score (nSPS) is 10.2. The van der Waals surface area contributed by atoms with E-state index in [2.05, 4.69) is 6.58 Å². The van der Waals surface area contributed by atoms with Crippen molar-refractivity contribution < 1.29 is 19.2 Å². The summed E-state index contributed by atoms with van der Waals surface area (Å²) < 4.78 is 5.11. The topological polar surface area (TPSA) is 86.5 Å². The van der Waals surface area contributed by atoms with Crippen LogP contribution in [0.15, 0.2) is 59.5 Å². The number of ketones is 1. The molecular formula is C19H17NO5S. The van der Waals surface area contributed by atoms with Crippen LogP contribution in [0.5, 0.6) is 0 Å². The lowest BCUT2D eigenvalue weighted by molar-refractivity contribution is -0.387. The monoisotopic (exact) mass is 371 g/mol. The number of hydrogen-bond donors (Lipinski definition) is 0. The van der Waals surface area contributed by atoms with Crippen molar-refractivity contribution in [1.29, 1.82) is 0 Å². The number of benzene rings is 2. The van der Waals surface area contributed by atoms with Gasteiger partial charge in [0.15, 0.2) is 5.78 Å². The molecular weight excluding hydrogens is 354 g/mol. The Bertz CT molecular complexity index is 891. The summed E-state index contributed by atoms with van der Waals surface area (Å²) >= 11 is 1.22. The maximum absolute atomic E-state index is 12.8. The molecule has 0 saturated heterocycles. The maximum Gasteiger partial charge on any atom is 0.339 e. The minimum absolute atomic E-state index is 0.0508. The number of rotatable bonds is 7. The second-order valence-electron chi connectivity index (χ2n) is 5.55. The molecule has 0 aliphatic heterocycles. The van der Waals surface area contributed by atoms with E-state index in [1.165, 1.54) is 42.1 Å². The minimum atomic E-state index is -0.646. The summed E-state index contributed by atoms with van der Waals surface area (Å²) in [7, 11) is 0. The Morgan fingerprint density at radius 3 is 2.42 bits per heavy atom. The summed E-state index contributed by atoms with van der Waals surface area (Å²) in [5, 5.41) is 11.2. The lowest BCUT2D eigenvalue weighted by Crippen LogP contribution is -2.13. The molecule has 0 unspecified atom stereocenters. The van der Waals surface area contributed by atoms with Crippen LogP contribution in [0.2, 0.25) is 0 Å². The average Bonchev–Trinajstić information content (AvgIpc) is 2.64. The molecule has 0 atom stereocenters. The Hall–Kier alpha value is -2.93. The first kappa shape index (κ1) is 19.4. The fourth-order valence-electron chi connectivity index (χ4n) is 2.26. The number of carbonyl (C=O) groups is 2. The van der Waals surface area contributed by atoms with Gasteiger partial charge in [0.2, 0.25) is 0 Å².